The molecule has 0 aromatic heterocycles. The molecule has 0 bridgehead atoms. The second kappa shape index (κ2) is 14.5. The van der Waals surface area contributed by atoms with Crippen molar-refractivity contribution in [1.29, 1.82) is 0 Å². The lowest BCUT2D eigenvalue weighted by molar-refractivity contribution is 0.254. The zero-order valence-electron chi connectivity index (χ0n) is 23.2. The Labute approximate surface area is 227 Å². The maximum atomic E-state index is 12.5. The fraction of sp³-hybridized carbons (Fsp3) is 0.438. The molecule has 0 saturated carbocycles. The molecule has 0 N–H and O–H groups in total. The van der Waals surface area contributed by atoms with E-state index >= 15 is 0 Å². The van der Waals surface area contributed by atoms with E-state index in [2.05, 4.69) is 79.3 Å². The van der Waals surface area contributed by atoms with Crippen LogP contribution >= 0.6 is 0 Å². The Bertz CT molecular complexity index is 1080. The first kappa shape index (κ1) is 29.1. The van der Waals surface area contributed by atoms with E-state index in [1.54, 1.807) is 6.07 Å². The van der Waals surface area contributed by atoms with Gasteiger partial charge in [-0.05, 0) is 85.2 Å². The average Bonchev–Trinajstić information content (AvgIpc) is 2.89. The lowest BCUT2D eigenvalue weighted by Gasteiger charge is -2.30. The van der Waals surface area contributed by atoms with Crippen molar-refractivity contribution in [2.75, 3.05) is 33.1 Å². The normalized spacial score (nSPS) is 13.2. The summed E-state index contributed by atoms with van der Waals surface area (Å²) < 4.78 is 25.0. The quantitative estimate of drug-likeness (QED) is 0.131. The molecule has 0 aliphatic rings. The fourth-order valence-electron chi connectivity index (χ4n) is 5.38. The fourth-order valence-corrected chi connectivity index (χ4v) is 5.97. The molecule has 0 saturated heterocycles. The molecule has 3 rings (SSSR count). The van der Waals surface area contributed by atoms with Crippen LogP contribution in [0.2, 0.25) is 0 Å². The van der Waals surface area contributed by atoms with Crippen LogP contribution in [0, 0.1) is 0 Å². The summed E-state index contributed by atoms with van der Waals surface area (Å²) in [5.74, 6) is -0.0625. The first-order chi connectivity index (χ1) is 17.8. The van der Waals surface area contributed by atoms with Crippen LogP contribution in [0.5, 0.6) is 0 Å². The Balaban J connectivity index is 2.10. The second-order valence-electron chi connectivity index (χ2n) is 10.4. The summed E-state index contributed by atoms with van der Waals surface area (Å²) in [5, 5.41) is 0. The van der Waals surface area contributed by atoms with E-state index in [0.29, 0.717) is 10.9 Å². The minimum absolute atomic E-state index is 0.0625. The number of nitrogens with zero attached hydrogens (tertiary/aromatic N) is 2. The van der Waals surface area contributed by atoms with Gasteiger partial charge in [0, 0.05) is 36.6 Å². The van der Waals surface area contributed by atoms with Gasteiger partial charge in [-0.1, -0.05) is 86.8 Å². The van der Waals surface area contributed by atoms with Gasteiger partial charge in [0.1, 0.15) is 0 Å². The second-order valence-corrected chi connectivity index (χ2v) is 11.3. The molecule has 200 valence electrons. The maximum Gasteiger partial charge on any atom is 0.0406 e. The van der Waals surface area contributed by atoms with Gasteiger partial charge in [0.2, 0.25) is 0 Å². The number of unbranched alkanes of at least 4 members (excludes halogenated alkanes) is 2. The summed E-state index contributed by atoms with van der Waals surface area (Å²) in [5.41, 5.74) is 5.43. The Morgan fingerprint density at radius 2 is 1.35 bits per heavy atom. The molecule has 37 heavy (non-hydrogen) atoms. The molecule has 5 heteroatoms. The zero-order valence-corrected chi connectivity index (χ0v) is 24.0. The van der Waals surface area contributed by atoms with Gasteiger partial charge < -0.3 is 14.4 Å². The molecule has 0 radical (unpaired) electrons. The van der Waals surface area contributed by atoms with Crippen LogP contribution in [-0.2, 0) is 17.5 Å². The minimum atomic E-state index is -2.31. The molecular weight excluding hydrogens is 476 g/mol. The molecule has 3 aromatic carbocycles. The molecule has 0 amide bonds. The molecular formula is C32H43N2O2S-. The van der Waals surface area contributed by atoms with E-state index in [0.717, 1.165) is 47.2 Å². The van der Waals surface area contributed by atoms with Crippen LogP contribution in [0.25, 0.3) is 0 Å². The Hall–Kier alpha value is -2.47. The predicted octanol–water partition coefficient (Wildman–Crippen LogP) is 7.00. The summed E-state index contributed by atoms with van der Waals surface area (Å²) in [4.78, 5) is 4.86. The Morgan fingerprint density at radius 1 is 0.784 bits per heavy atom. The largest absolute Gasteiger partial charge is 0.768 e. The first-order valence-electron chi connectivity index (χ1n) is 13.5. The summed E-state index contributed by atoms with van der Waals surface area (Å²) in [6.07, 6.45) is 7.63. The van der Waals surface area contributed by atoms with Crippen LogP contribution in [0.3, 0.4) is 0 Å². The van der Waals surface area contributed by atoms with Gasteiger partial charge in [-0.2, -0.15) is 0 Å². The number of rotatable bonds is 14. The number of benzene rings is 3. The first-order valence-corrected chi connectivity index (χ1v) is 14.6. The molecule has 0 heterocycles. The van der Waals surface area contributed by atoms with Gasteiger partial charge >= 0.3 is 0 Å². The molecule has 0 aliphatic carbocycles. The van der Waals surface area contributed by atoms with Crippen LogP contribution < -0.4 is 4.90 Å². The van der Waals surface area contributed by atoms with Crippen molar-refractivity contribution in [1.82, 2.24) is 4.90 Å². The lowest BCUT2D eigenvalue weighted by atomic mass is 9.80. The molecule has 0 fully saturated rings. The van der Waals surface area contributed by atoms with Crippen molar-refractivity contribution in [3.05, 3.63) is 95.1 Å². The minimum Gasteiger partial charge on any atom is -0.768 e. The van der Waals surface area contributed by atoms with Crippen molar-refractivity contribution in [3.63, 3.8) is 0 Å². The number of hydrogen-bond acceptors (Lipinski definition) is 4. The standard InChI is InChI=1S/C32H44N2O2S/c1-6-7-10-20-27(33(2)3)21-15-22-28-30(37(35)36)24-23-29(34(4)5)32(28)31(25-16-11-8-12-17-25)26-18-13-9-14-19-26/h8-9,11-14,16-19,23-24,27,31H,6-7,10,15,20-22H2,1-5H3,(H,35,36)/p-1. The average molecular weight is 520 g/mol. The smallest absolute Gasteiger partial charge is 0.0406 e. The van der Waals surface area contributed by atoms with Gasteiger partial charge in [-0.15, -0.1) is 0 Å². The third kappa shape index (κ3) is 7.76. The summed E-state index contributed by atoms with van der Waals surface area (Å²) >= 11 is -2.31. The summed E-state index contributed by atoms with van der Waals surface area (Å²) in [6.45, 7) is 2.24. The van der Waals surface area contributed by atoms with Crippen molar-refractivity contribution in [3.8, 4) is 0 Å². The number of anilines is 1. The van der Waals surface area contributed by atoms with E-state index in [1.165, 1.54) is 25.7 Å². The topological polar surface area (TPSA) is 46.6 Å². The van der Waals surface area contributed by atoms with Crippen LogP contribution in [0.15, 0.2) is 77.7 Å². The molecule has 3 aromatic rings. The van der Waals surface area contributed by atoms with Crippen molar-refractivity contribution in [2.24, 2.45) is 0 Å². The molecule has 2 atom stereocenters. The van der Waals surface area contributed by atoms with E-state index in [1.807, 2.05) is 32.3 Å². The van der Waals surface area contributed by atoms with Gasteiger partial charge in [-0.3, -0.25) is 4.21 Å². The molecule has 0 spiro atoms. The van der Waals surface area contributed by atoms with Crippen LogP contribution in [0.4, 0.5) is 5.69 Å². The SMILES string of the molecule is CCCCCC(CCCc1c(S(=O)[O-])ccc(N(C)C)c1C(c1ccccc1)c1ccccc1)N(C)C. The molecule has 4 nitrogen and oxygen atoms in total. The Kier molecular flexibility index (Phi) is 11.4. The van der Waals surface area contributed by atoms with E-state index < -0.39 is 11.1 Å². The summed E-state index contributed by atoms with van der Waals surface area (Å²) in [7, 11) is 8.40. The third-order valence-electron chi connectivity index (χ3n) is 7.34. The highest BCUT2D eigenvalue weighted by atomic mass is 32.2. The van der Waals surface area contributed by atoms with Crippen LogP contribution in [0.1, 0.15) is 73.6 Å². The Morgan fingerprint density at radius 3 is 1.84 bits per heavy atom. The van der Waals surface area contributed by atoms with Gasteiger partial charge in [0.15, 0.2) is 0 Å². The van der Waals surface area contributed by atoms with Gasteiger partial charge in [0.25, 0.3) is 0 Å². The van der Waals surface area contributed by atoms with Gasteiger partial charge in [0.05, 0.1) is 0 Å². The van der Waals surface area contributed by atoms with Gasteiger partial charge in [-0.25, -0.2) is 0 Å². The highest BCUT2D eigenvalue weighted by Crippen LogP contribution is 2.41. The highest BCUT2D eigenvalue weighted by molar-refractivity contribution is 7.79. The van der Waals surface area contributed by atoms with E-state index in [-0.39, 0.29) is 5.92 Å². The maximum absolute atomic E-state index is 12.5. The monoisotopic (exact) mass is 519 g/mol. The van der Waals surface area contributed by atoms with E-state index in [9.17, 15) is 8.76 Å². The van der Waals surface area contributed by atoms with Crippen molar-refractivity contribution in [2.45, 2.75) is 68.7 Å². The number of hydrogen-bond donors (Lipinski definition) is 0. The van der Waals surface area contributed by atoms with Crippen molar-refractivity contribution < 1.29 is 8.76 Å². The zero-order chi connectivity index (χ0) is 26.8. The lowest BCUT2D eigenvalue weighted by Crippen LogP contribution is -2.28. The molecule has 0 aliphatic heterocycles. The van der Waals surface area contributed by atoms with Crippen molar-refractivity contribution >= 4 is 16.8 Å². The molecule has 2 unspecified atom stereocenters. The summed E-state index contributed by atoms with van der Waals surface area (Å²) in [6, 6.07) is 25.2. The van der Waals surface area contributed by atoms with E-state index in [4.69, 9.17) is 0 Å². The van der Waals surface area contributed by atoms with Crippen LogP contribution in [-0.4, -0.2) is 47.9 Å². The predicted molar refractivity (Wildman–Crippen MR) is 156 cm³/mol. The highest BCUT2D eigenvalue weighted by Gasteiger charge is 2.26. The third-order valence-corrected chi connectivity index (χ3v) is 8.08.